The summed E-state index contributed by atoms with van der Waals surface area (Å²) in [5, 5.41) is 7.65. The Labute approximate surface area is 133 Å². The van der Waals surface area contributed by atoms with Gasteiger partial charge in [0.2, 0.25) is 10.0 Å². The van der Waals surface area contributed by atoms with Crippen LogP contribution >= 0.6 is 0 Å². The monoisotopic (exact) mass is 329 g/mol. The lowest BCUT2D eigenvalue weighted by molar-refractivity contribution is 0.315. The summed E-state index contributed by atoms with van der Waals surface area (Å²) < 4.78 is 30.1. The summed E-state index contributed by atoms with van der Waals surface area (Å²) in [5.41, 5.74) is 4.41. The van der Waals surface area contributed by atoms with Crippen molar-refractivity contribution in [3.8, 4) is 11.1 Å². The summed E-state index contributed by atoms with van der Waals surface area (Å²) in [6, 6.07) is 13.6. The summed E-state index contributed by atoms with van der Waals surface area (Å²) >= 11 is 0. The lowest BCUT2D eigenvalue weighted by Gasteiger charge is -2.14. The SMILES string of the molecule is O=S1(=O)CCCN1Cc1cccc(-c2ccc3nonc3c2)c1. The average molecular weight is 329 g/mol. The molecule has 0 aliphatic carbocycles. The summed E-state index contributed by atoms with van der Waals surface area (Å²) in [6.45, 7) is 1.02. The average Bonchev–Trinajstić information content (AvgIpc) is 3.13. The van der Waals surface area contributed by atoms with Gasteiger partial charge in [-0.25, -0.2) is 13.0 Å². The summed E-state index contributed by atoms with van der Waals surface area (Å²) in [5.74, 6) is 0.252. The van der Waals surface area contributed by atoms with Crippen molar-refractivity contribution in [1.82, 2.24) is 14.6 Å². The molecule has 118 valence electrons. The summed E-state index contributed by atoms with van der Waals surface area (Å²) in [6.07, 6.45) is 0.706. The van der Waals surface area contributed by atoms with Crippen LogP contribution < -0.4 is 0 Å². The Hall–Kier alpha value is -2.25. The Balaban J connectivity index is 1.65. The first kappa shape index (κ1) is 14.3. The first-order chi connectivity index (χ1) is 11.1. The zero-order valence-electron chi connectivity index (χ0n) is 12.3. The maximum atomic E-state index is 11.9. The van der Waals surface area contributed by atoms with Crippen molar-refractivity contribution in [3.05, 3.63) is 48.0 Å². The molecule has 1 fully saturated rings. The highest BCUT2D eigenvalue weighted by Gasteiger charge is 2.27. The molecule has 6 nitrogen and oxygen atoms in total. The van der Waals surface area contributed by atoms with Crippen molar-refractivity contribution >= 4 is 21.1 Å². The normalized spacial score (nSPS) is 17.7. The van der Waals surface area contributed by atoms with Gasteiger partial charge in [0.25, 0.3) is 0 Å². The molecule has 2 aromatic carbocycles. The molecule has 0 atom stereocenters. The molecule has 0 spiro atoms. The predicted molar refractivity (Wildman–Crippen MR) is 86.1 cm³/mol. The van der Waals surface area contributed by atoms with Gasteiger partial charge >= 0.3 is 0 Å². The fraction of sp³-hybridized carbons (Fsp3) is 0.250. The third-order valence-corrected chi connectivity index (χ3v) is 5.98. The van der Waals surface area contributed by atoms with E-state index in [9.17, 15) is 8.42 Å². The Morgan fingerprint density at radius 1 is 1.04 bits per heavy atom. The third kappa shape index (κ3) is 2.73. The van der Waals surface area contributed by atoms with Crippen LogP contribution in [0.2, 0.25) is 0 Å². The van der Waals surface area contributed by atoms with E-state index in [1.54, 1.807) is 4.31 Å². The number of sulfonamides is 1. The van der Waals surface area contributed by atoms with Crippen molar-refractivity contribution < 1.29 is 13.0 Å². The van der Waals surface area contributed by atoms with E-state index in [1.165, 1.54) is 0 Å². The molecule has 0 amide bonds. The summed E-state index contributed by atoms with van der Waals surface area (Å²) in [4.78, 5) is 0. The first-order valence-electron chi connectivity index (χ1n) is 7.41. The van der Waals surface area contributed by atoms with Gasteiger partial charge in [-0.3, -0.25) is 0 Å². The fourth-order valence-corrected chi connectivity index (χ4v) is 4.39. The maximum Gasteiger partial charge on any atom is 0.214 e. The van der Waals surface area contributed by atoms with E-state index in [4.69, 9.17) is 4.63 Å². The van der Waals surface area contributed by atoms with Crippen molar-refractivity contribution in [2.24, 2.45) is 0 Å². The van der Waals surface area contributed by atoms with Crippen LogP contribution in [0, 0.1) is 0 Å². The van der Waals surface area contributed by atoms with Gasteiger partial charge < -0.3 is 0 Å². The quantitative estimate of drug-likeness (QED) is 0.737. The minimum Gasteiger partial charge on any atom is -0.243 e. The van der Waals surface area contributed by atoms with Crippen LogP contribution in [0.1, 0.15) is 12.0 Å². The lowest BCUT2D eigenvalue weighted by Crippen LogP contribution is -2.25. The molecular weight excluding hydrogens is 314 g/mol. The van der Waals surface area contributed by atoms with Crippen LogP contribution in [0.25, 0.3) is 22.2 Å². The molecule has 1 aliphatic rings. The Morgan fingerprint density at radius 2 is 1.87 bits per heavy atom. The van der Waals surface area contributed by atoms with Gasteiger partial charge in [0.1, 0.15) is 11.0 Å². The van der Waals surface area contributed by atoms with Gasteiger partial charge in [-0.1, -0.05) is 24.3 Å². The molecule has 0 radical (unpaired) electrons. The van der Waals surface area contributed by atoms with Crippen LogP contribution in [0.3, 0.4) is 0 Å². The molecule has 0 bridgehead atoms. The third-order valence-electron chi connectivity index (χ3n) is 4.08. The molecule has 23 heavy (non-hydrogen) atoms. The molecule has 0 saturated carbocycles. The molecule has 0 unspecified atom stereocenters. The second-order valence-electron chi connectivity index (χ2n) is 5.67. The minimum atomic E-state index is -3.08. The standard InChI is InChI=1S/C16H15N3O3S/c20-23(21)8-2-7-19(23)11-12-3-1-4-13(9-12)14-5-6-15-16(10-14)18-22-17-15/h1,3-6,9-10H,2,7-8,11H2. The number of hydrogen-bond acceptors (Lipinski definition) is 5. The highest BCUT2D eigenvalue weighted by Crippen LogP contribution is 2.25. The molecule has 1 aromatic heterocycles. The zero-order chi connectivity index (χ0) is 15.9. The van der Waals surface area contributed by atoms with Crippen LogP contribution in [0.15, 0.2) is 47.1 Å². The summed E-state index contributed by atoms with van der Waals surface area (Å²) in [7, 11) is -3.08. The molecule has 1 saturated heterocycles. The minimum absolute atomic E-state index is 0.252. The van der Waals surface area contributed by atoms with Gasteiger partial charge in [-0.2, -0.15) is 4.31 Å². The number of rotatable bonds is 3. The van der Waals surface area contributed by atoms with E-state index in [2.05, 4.69) is 10.3 Å². The molecule has 7 heteroatoms. The fourth-order valence-electron chi connectivity index (χ4n) is 2.88. The Bertz CT molecular complexity index is 965. The second-order valence-corrected chi connectivity index (χ2v) is 7.76. The highest BCUT2D eigenvalue weighted by atomic mass is 32.2. The topological polar surface area (TPSA) is 76.3 Å². The molecule has 3 aromatic rings. The van der Waals surface area contributed by atoms with Gasteiger partial charge in [0.05, 0.1) is 5.75 Å². The molecule has 4 rings (SSSR count). The highest BCUT2D eigenvalue weighted by molar-refractivity contribution is 7.89. The van der Waals surface area contributed by atoms with Crippen LogP contribution in [-0.2, 0) is 16.6 Å². The molecule has 2 heterocycles. The molecular formula is C16H15N3O3S. The van der Waals surface area contributed by atoms with E-state index in [0.29, 0.717) is 30.5 Å². The van der Waals surface area contributed by atoms with Crippen molar-refractivity contribution in [2.45, 2.75) is 13.0 Å². The van der Waals surface area contributed by atoms with Gasteiger partial charge in [-0.15, -0.1) is 0 Å². The van der Waals surface area contributed by atoms with E-state index < -0.39 is 10.0 Å². The first-order valence-corrected chi connectivity index (χ1v) is 9.02. The van der Waals surface area contributed by atoms with Crippen LogP contribution in [-0.4, -0.2) is 35.3 Å². The number of aromatic nitrogens is 2. The van der Waals surface area contributed by atoms with Crippen molar-refractivity contribution in [2.75, 3.05) is 12.3 Å². The van der Waals surface area contributed by atoms with Gasteiger partial charge in [0.15, 0.2) is 0 Å². The number of hydrogen-bond donors (Lipinski definition) is 0. The Kier molecular flexibility index (Phi) is 3.39. The molecule has 1 aliphatic heterocycles. The van der Waals surface area contributed by atoms with Gasteiger partial charge in [0, 0.05) is 13.1 Å². The van der Waals surface area contributed by atoms with E-state index in [-0.39, 0.29) is 5.75 Å². The largest absolute Gasteiger partial charge is 0.243 e. The van der Waals surface area contributed by atoms with E-state index in [1.807, 2.05) is 42.5 Å². The predicted octanol–water partition coefficient (Wildman–Crippen LogP) is 2.43. The second kappa shape index (κ2) is 5.43. The molecule has 0 N–H and O–H groups in total. The number of nitrogens with zero attached hydrogens (tertiary/aromatic N) is 3. The van der Waals surface area contributed by atoms with Crippen LogP contribution in [0.4, 0.5) is 0 Å². The van der Waals surface area contributed by atoms with Crippen LogP contribution in [0.5, 0.6) is 0 Å². The lowest BCUT2D eigenvalue weighted by atomic mass is 10.0. The number of fused-ring (bicyclic) bond motifs is 1. The van der Waals surface area contributed by atoms with E-state index >= 15 is 0 Å². The number of benzene rings is 2. The maximum absolute atomic E-state index is 11.9. The van der Waals surface area contributed by atoms with E-state index in [0.717, 1.165) is 16.7 Å². The van der Waals surface area contributed by atoms with Crippen molar-refractivity contribution in [1.29, 1.82) is 0 Å². The van der Waals surface area contributed by atoms with Crippen molar-refractivity contribution in [3.63, 3.8) is 0 Å². The smallest absolute Gasteiger partial charge is 0.214 e. The zero-order valence-corrected chi connectivity index (χ0v) is 13.2. The Morgan fingerprint density at radius 3 is 2.70 bits per heavy atom. The van der Waals surface area contributed by atoms with Gasteiger partial charge in [-0.05, 0) is 51.6 Å².